The highest BCUT2D eigenvalue weighted by Gasteiger charge is 2.48. The predicted octanol–water partition coefficient (Wildman–Crippen LogP) is 0.166. The van der Waals surface area contributed by atoms with Gasteiger partial charge in [-0.15, -0.1) is 0 Å². The zero-order valence-electron chi connectivity index (χ0n) is 15.2. The number of imide groups is 1. The lowest BCUT2D eigenvalue weighted by Gasteiger charge is -2.19. The van der Waals surface area contributed by atoms with Crippen molar-refractivity contribution in [3.05, 3.63) is 35.9 Å². The summed E-state index contributed by atoms with van der Waals surface area (Å²) in [5, 5.41) is 0. The topological polar surface area (TPSA) is 122 Å². The molecule has 0 aromatic heterocycles. The molecule has 2 unspecified atom stereocenters. The Morgan fingerprint density at radius 2 is 1.57 bits per heavy atom. The van der Waals surface area contributed by atoms with Gasteiger partial charge < -0.3 is 4.74 Å². The van der Waals surface area contributed by atoms with E-state index < -0.39 is 30.9 Å². The molecule has 1 aliphatic carbocycles. The van der Waals surface area contributed by atoms with Crippen LogP contribution in [0.4, 0.5) is 0 Å². The second-order valence-corrected chi connectivity index (χ2v) is 6.79. The highest BCUT2D eigenvalue weighted by atomic mass is 16.5. The first-order valence-electron chi connectivity index (χ1n) is 9.12. The summed E-state index contributed by atoms with van der Waals surface area (Å²) in [6.07, 6.45) is 3.11. The molecule has 1 heterocycles. The Labute approximate surface area is 161 Å². The number of nitrogens with zero attached hydrogens (tertiary/aromatic N) is 1. The van der Waals surface area contributed by atoms with E-state index in [-0.39, 0.29) is 23.7 Å². The first kappa shape index (κ1) is 19.5. The van der Waals surface area contributed by atoms with Crippen molar-refractivity contribution in [3.8, 4) is 0 Å². The molecule has 1 aromatic rings. The summed E-state index contributed by atoms with van der Waals surface area (Å²) in [6, 6.07) is 8.25. The van der Waals surface area contributed by atoms with Crippen molar-refractivity contribution in [2.24, 2.45) is 11.8 Å². The van der Waals surface area contributed by atoms with Crippen molar-refractivity contribution >= 4 is 29.6 Å². The first-order valence-corrected chi connectivity index (χ1v) is 9.12. The second kappa shape index (κ2) is 8.64. The van der Waals surface area contributed by atoms with Crippen LogP contribution in [0.3, 0.4) is 0 Å². The molecule has 2 fully saturated rings. The number of carbonyl (C=O) groups is 5. The number of hydrazine groups is 1. The van der Waals surface area contributed by atoms with Gasteiger partial charge in [0.2, 0.25) is 11.8 Å². The Hall–Kier alpha value is -3.23. The lowest BCUT2D eigenvalue weighted by atomic mass is 9.81. The zero-order valence-corrected chi connectivity index (χ0v) is 15.2. The van der Waals surface area contributed by atoms with Gasteiger partial charge in [-0.05, 0) is 25.0 Å². The number of ether oxygens (including phenoxy) is 1. The highest BCUT2D eigenvalue weighted by molar-refractivity contribution is 6.07. The van der Waals surface area contributed by atoms with E-state index in [0.717, 1.165) is 17.7 Å². The minimum absolute atomic E-state index is 0.341. The van der Waals surface area contributed by atoms with E-state index in [0.29, 0.717) is 18.4 Å². The van der Waals surface area contributed by atoms with Crippen LogP contribution in [-0.2, 0) is 23.9 Å². The third-order valence-electron chi connectivity index (χ3n) is 4.94. The largest absolute Gasteiger partial charge is 0.454 e. The van der Waals surface area contributed by atoms with Crippen LogP contribution in [0.1, 0.15) is 36.0 Å². The van der Waals surface area contributed by atoms with E-state index in [1.165, 1.54) is 0 Å². The van der Waals surface area contributed by atoms with Crippen LogP contribution in [0, 0.1) is 11.8 Å². The molecule has 1 aromatic carbocycles. The standard InChI is InChI=1S/C19H21N3O6/c23-15(20-21-17(25)12-6-2-1-3-7-12)11-28-16(24)10-22-18(26)13-8-4-5-9-14(13)19(22)27/h1-3,6-7,13-14H,4-5,8-11H2,(H,20,23)(H,21,25). The normalized spacial score (nSPS) is 21.1. The van der Waals surface area contributed by atoms with Crippen LogP contribution in [0.5, 0.6) is 0 Å². The fraction of sp³-hybridized carbons (Fsp3) is 0.421. The first-order chi connectivity index (χ1) is 13.5. The fourth-order valence-corrected chi connectivity index (χ4v) is 3.53. The predicted molar refractivity (Wildman–Crippen MR) is 95.2 cm³/mol. The van der Waals surface area contributed by atoms with Gasteiger partial charge in [-0.2, -0.15) is 0 Å². The molecule has 28 heavy (non-hydrogen) atoms. The molecule has 1 saturated heterocycles. The summed E-state index contributed by atoms with van der Waals surface area (Å²) in [5.74, 6) is -3.49. The van der Waals surface area contributed by atoms with E-state index in [2.05, 4.69) is 10.9 Å². The van der Waals surface area contributed by atoms with Crippen molar-refractivity contribution in [1.82, 2.24) is 15.8 Å². The number of hydrogen-bond acceptors (Lipinski definition) is 6. The van der Waals surface area contributed by atoms with Crippen molar-refractivity contribution in [2.45, 2.75) is 25.7 Å². The molecule has 2 N–H and O–H groups in total. The number of hydrogen-bond donors (Lipinski definition) is 2. The molecule has 9 nitrogen and oxygen atoms in total. The summed E-state index contributed by atoms with van der Waals surface area (Å²) < 4.78 is 4.81. The summed E-state index contributed by atoms with van der Waals surface area (Å²) >= 11 is 0. The molecular weight excluding hydrogens is 366 g/mol. The van der Waals surface area contributed by atoms with Crippen LogP contribution < -0.4 is 10.9 Å². The molecular formula is C19H21N3O6. The van der Waals surface area contributed by atoms with Gasteiger partial charge in [0, 0.05) is 5.56 Å². The third kappa shape index (κ3) is 4.36. The molecule has 1 saturated carbocycles. The highest BCUT2D eigenvalue weighted by Crippen LogP contribution is 2.37. The Morgan fingerprint density at radius 3 is 2.18 bits per heavy atom. The Morgan fingerprint density at radius 1 is 0.964 bits per heavy atom. The molecule has 2 atom stereocenters. The quantitative estimate of drug-likeness (QED) is 0.422. The molecule has 2 aliphatic rings. The van der Waals surface area contributed by atoms with Crippen LogP contribution >= 0.6 is 0 Å². The zero-order chi connectivity index (χ0) is 20.1. The number of carbonyl (C=O) groups excluding carboxylic acids is 5. The van der Waals surface area contributed by atoms with Crippen molar-refractivity contribution in [3.63, 3.8) is 0 Å². The van der Waals surface area contributed by atoms with Gasteiger partial charge in [0.05, 0.1) is 11.8 Å². The number of esters is 1. The Bertz CT molecular complexity index is 770. The number of fused-ring (bicyclic) bond motifs is 1. The average molecular weight is 387 g/mol. The van der Waals surface area contributed by atoms with E-state index in [4.69, 9.17) is 4.74 Å². The van der Waals surface area contributed by atoms with Gasteiger partial charge in [-0.1, -0.05) is 31.0 Å². The fourth-order valence-electron chi connectivity index (χ4n) is 3.53. The molecule has 3 rings (SSSR count). The maximum absolute atomic E-state index is 12.3. The molecule has 0 radical (unpaired) electrons. The number of nitrogens with one attached hydrogen (secondary N) is 2. The van der Waals surface area contributed by atoms with Crippen LogP contribution in [0.2, 0.25) is 0 Å². The van der Waals surface area contributed by atoms with Crippen LogP contribution in [-0.4, -0.2) is 47.6 Å². The lowest BCUT2D eigenvalue weighted by Crippen LogP contribution is -2.44. The van der Waals surface area contributed by atoms with Gasteiger partial charge in [0.15, 0.2) is 6.61 Å². The number of amides is 4. The van der Waals surface area contributed by atoms with E-state index >= 15 is 0 Å². The molecule has 0 spiro atoms. The van der Waals surface area contributed by atoms with E-state index in [1.54, 1.807) is 30.3 Å². The van der Waals surface area contributed by atoms with Gasteiger partial charge in [0.25, 0.3) is 11.8 Å². The van der Waals surface area contributed by atoms with Crippen molar-refractivity contribution in [2.75, 3.05) is 13.2 Å². The van der Waals surface area contributed by atoms with E-state index in [1.807, 2.05) is 0 Å². The summed E-state index contributed by atoms with van der Waals surface area (Å²) in [5.41, 5.74) is 4.67. The minimum Gasteiger partial charge on any atom is -0.454 e. The number of likely N-dealkylation sites (tertiary alicyclic amines) is 1. The molecule has 148 valence electrons. The smallest absolute Gasteiger partial charge is 0.326 e. The average Bonchev–Trinajstić information content (AvgIpc) is 2.96. The minimum atomic E-state index is -0.857. The molecule has 9 heteroatoms. The van der Waals surface area contributed by atoms with Crippen molar-refractivity contribution in [1.29, 1.82) is 0 Å². The summed E-state index contributed by atoms with van der Waals surface area (Å²) in [7, 11) is 0. The van der Waals surface area contributed by atoms with Gasteiger partial charge in [-0.3, -0.25) is 39.7 Å². The molecule has 0 bridgehead atoms. The molecule has 1 aliphatic heterocycles. The van der Waals surface area contributed by atoms with E-state index in [9.17, 15) is 24.0 Å². The lowest BCUT2D eigenvalue weighted by molar-refractivity contribution is -0.155. The number of rotatable bonds is 5. The maximum atomic E-state index is 12.3. The maximum Gasteiger partial charge on any atom is 0.326 e. The SMILES string of the molecule is O=C(COC(=O)CN1C(=O)C2CCCCC2C1=O)NNC(=O)c1ccccc1. The second-order valence-electron chi connectivity index (χ2n) is 6.79. The van der Waals surface area contributed by atoms with Crippen molar-refractivity contribution < 1.29 is 28.7 Å². The Kier molecular flexibility index (Phi) is 6.03. The monoisotopic (exact) mass is 387 g/mol. The van der Waals surface area contributed by atoms with Crippen LogP contribution in [0.25, 0.3) is 0 Å². The molecule has 4 amide bonds. The third-order valence-corrected chi connectivity index (χ3v) is 4.94. The number of benzene rings is 1. The van der Waals surface area contributed by atoms with Gasteiger partial charge in [0.1, 0.15) is 6.54 Å². The summed E-state index contributed by atoms with van der Waals surface area (Å²) in [6.45, 7) is -1.15. The van der Waals surface area contributed by atoms with Gasteiger partial charge >= 0.3 is 5.97 Å². The van der Waals surface area contributed by atoms with Crippen LogP contribution in [0.15, 0.2) is 30.3 Å². The van der Waals surface area contributed by atoms with Gasteiger partial charge in [-0.25, -0.2) is 0 Å². The summed E-state index contributed by atoms with van der Waals surface area (Å²) in [4.78, 5) is 61.0. The Balaban J connectivity index is 1.41.